The summed E-state index contributed by atoms with van der Waals surface area (Å²) in [4.78, 5) is 12.4. The van der Waals surface area contributed by atoms with Crippen molar-refractivity contribution in [3.05, 3.63) is 65.4 Å². The van der Waals surface area contributed by atoms with Crippen molar-refractivity contribution < 1.29 is 28.3 Å². The average Bonchev–Trinajstić information content (AvgIpc) is 3.27. The van der Waals surface area contributed by atoms with E-state index in [0.717, 1.165) is 0 Å². The summed E-state index contributed by atoms with van der Waals surface area (Å²) in [6.07, 6.45) is 2.11. The van der Waals surface area contributed by atoms with Gasteiger partial charge in [0.25, 0.3) is 5.91 Å². The zero-order valence-electron chi connectivity index (χ0n) is 19.9. The highest BCUT2D eigenvalue weighted by Crippen LogP contribution is 2.30. The first-order valence-electron chi connectivity index (χ1n) is 11.1. The van der Waals surface area contributed by atoms with E-state index >= 15 is 0 Å². The topological polar surface area (TPSA) is 116 Å². The Morgan fingerprint density at radius 3 is 2.40 bits per heavy atom. The van der Waals surface area contributed by atoms with Crippen molar-refractivity contribution >= 4 is 17.8 Å². The molecule has 0 saturated carbocycles. The third-order valence-corrected chi connectivity index (χ3v) is 4.69. The number of nitrogens with one attached hydrogen (secondary N) is 1. The lowest BCUT2D eigenvalue weighted by Gasteiger charge is -2.14. The van der Waals surface area contributed by atoms with Gasteiger partial charge in [-0.3, -0.25) is 4.79 Å². The number of nitrogens with zero attached hydrogens (tertiary/aromatic N) is 2. The molecule has 1 N–H and O–H groups in total. The Kier molecular flexibility index (Phi) is 9.14. The van der Waals surface area contributed by atoms with Crippen LogP contribution in [0.15, 0.2) is 58.6 Å². The van der Waals surface area contributed by atoms with E-state index in [4.69, 9.17) is 23.5 Å². The predicted octanol–water partition coefficient (Wildman–Crippen LogP) is 4.78. The molecule has 0 fully saturated rings. The lowest BCUT2D eigenvalue weighted by molar-refractivity contribution is -0.112. The fourth-order valence-electron chi connectivity index (χ4n) is 3.09. The smallest absolute Gasteiger partial charge is 0.267 e. The van der Waals surface area contributed by atoms with Crippen molar-refractivity contribution in [2.75, 3.05) is 32.2 Å². The van der Waals surface area contributed by atoms with Gasteiger partial charge in [0.05, 0.1) is 26.9 Å². The lowest BCUT2D eigenvalue weighted by atomic mass is 10.1. The molecule has 2 aromatic carbocycles. The SMILES string of the molecule is CCOc1cc(/C=C(/C#N)C(=O)Nc2cc(C)on2)ccc1OCCCOc1ccccc1OC. The fraction of sp³-hybridized carbons (Fsp3) is 0.269. The van der Waals surface area contributed by atoms with Crippen LogP contribution in [-0.4, -0.2) is 38.0 Å². The summed E-state index contributed by atoms with van der Waals surface area (Å²) in [6.45, 7) is 4.86. The summed E-state index contributed by atoms with van der Waals surface area (Å²) < 4.78 is 27.5. The summed E-state index contributed by atoms with van der Waals surface area (Å²) in [7, 11) is 1.60. The molecule has 0 saturated heterocycles. The first-order valence-corrected chi connectivity index (χ1v) is 11.1. The van der Waals surface area contributed by atoms with Crippen LogP contribution in [0.4, 0.5) is 5.82 Å². The number of hydrogen-bond donors (Lipinski definition) is 1. The molecule has 0 atom stereocenters. The Morgan fingerprint density at radius 1 is 1.06 bits per heavy atom. The van der Waals surface area contributed by atoms with Gasteiger partial charge in [0.15, 0.2) is 28.8 Å². The maximum Gasteiger partial charge on any atom is 0.267 e. The van der Waals surface area contributed by atoms with Crippen molar-refractivity contribution in [1.82, 2.24) is 5.16 Å². The number of methoxy groups -OCH3 is 1. The van der Waals surface area contributed by atoms with Gasteiger partial charge in [-0.25, -0.2) is 0 Å². The molecule has 0 aliphatic heterocycles. The Bertz CT molecular complexity index is 1210. The van der Waals surface area contributed by atoms with Crippen molar-refractivity contribution in [3.8, 4) is 29.1 Å². The second kappa shape index (κ2) is 12.7. The van der Waals surface area contributed by atoms with Crippen molar-refractivity contribution in [1.29, 1.82) is 5.26 Å². The normalized spacial score (nSPS) is 10.9. The average molecular weight is 478 g/mol. The van der Waals surface area contributed by atoms with Gasteiger partial charge in [-0.15, -0.1) is 0 Å². The second-order valence-electron chi connectivity index (χ2n) is 7.29. The molecular formula is C26H27N3O6. The Balaban J connectivity index is 1.60. The predicted molar refractivity (Wildman–Crippen MR) is 130 cm³/mol. The lowest BCUT2D eigenvalue weighted by Crippen LogP contribution is -2.13. The highest BCUT2D eigenvalue weighted by Gasteiger charge is 2.13. The zero-order valence-corrected chi connectivity index (χ0v) is 19.9. The Hall–Kier alpha value is -4.45. The maximum absolute atomic E-state index is 12.4. The number of benzene rings is 2. The molecule has 1 aromatic heterocycles. The Morgan fingerprint density at radius 2 is 1.77 bits per heavy atom. The number of rotatable bonds is 12. The van der Waals surface area contributed by atoms with E-state index in [0.29, 0.717) is 60.6 Å². The third-order valence-electron chi connectivity index (χ3n) is 4.69. The summed E-state index contributed by atoms with van der Waals surface area (Å²) in [6, 6.07) is 16.1. The highest BCUT2D eigenvalue weighted by atomic mass is 16.5. The minimum absolute atomic E-state index is 0.0877. The number of para-hydroxylation sites is 2. The van der Waals surface area contributed by atoms with Crippen LogP contribution in [-0.2, 0) is 4.79 Å². The number of amides is 1. The van der Waals surface area contributed by atoms with Crippen LogP contribution in [0.2, 0.25) is 0 Å². The number of hydrogen-bond acceptors (Lipinski definition) is 8. The number of anilines is 1. The number of aromatic nitrogens is 1. The van der Waals surface area contributed by atoms with E-state index in [9.17, 15) is 10.1 Å². The van der Waals surface area contributed by atoms with E-state index in [1.807, 2.05) is 37.3 Å². The number of nitriles is 1. The molecule has 1 amide bonds. The van der Waals surface area contributed by atoms with Crippen LogP contribution < -0.4 is 24.3 Å². The number of ether oxygens (including phenoxy) is 4. The molecule has 0 aliphatic rings. The molecule has 182 valence electrons. The van der Waals surface area contributed by atoms with Gasteiger partial charge in [0, 0.05) is 12.5 Å². The van der Waals surface area contributed by atoms with Gasteiger partial charge in [-0.1, -0.05) is 23.4 Å². The molecular weight excluding hydrogens is 450 g/mol. The van der Waals surface area contributed by atoms with Gasteiger partial charge >= 0.3 is 0 Å². The standard InChI is InChI=1S/C26H27N3O6/c1-4-32-24-16-19(15-20(17-27)26(30)28-25-14-18(2)35-29-25)10-11-23(24)34-13-7-12-33-22-9-6-5-8-21(22)31-3/h5-6,8-11,14-16H,4,7,12-13H2,1-3H3,(H,28,29,30)/b20-15-. The molecule has 3 aromatic rings. The van der Waals surface area contributed by atoms with Gasteiger partial charge < -0.3 is 28.8 Å². The van der Waals surface area contributed by atoms with Crippen LogP contribution in [0.25, 0.3) is 6.08 Å². The van der Waals surface area contributed by atoms with E-state index in [1.165, 1.54) is 6.08 Å². The first kappa shape index (κ1) is 25.2. The van der Waals surface area contributed by atoms with Crippen LogP contribution in [0.1, 0.15) is 24.7 Å². The first-order chi connectivity index (χ1) is 17.0. The molecule has 0 unspecified atom stereocenters. The molecule has 0 bridgehead atoms. The Labute approximate surface area is 203 Å². The molecule has 0 radical (unpaired) electrons. The largest absolute Gasteiger partial charge is 0.493 e. The summed E-state index contributed by atoms with van der Waals surface area (Å²) in [5.41, 5.74) is 0.526. The summed E-state index contributed by atoms with van der Waals surface area (Å²) >= 11 is 0. The molecule has 35 heavy (non-hydrogen) atoms. The van der Waals surface area contributed by atoms with E-state index < -0.39 is 5.91 Å². The fourth-order valence-corrected chi connectivity index (χ4v) is 3.09. The molecule has 0 spiro atoms. The minimum atomic E-state index is -0.589. The molecule has 9 nitrogen and oxygen atoms in total. The van der Waals surface area contributed by atoms with Crippen molar-refractivity contribution in [3.63, 3.8) is 0 Å². The third kappa shape index (κ3) is 7.27. The summed E-state index contributed by atoms with van der Waals surface area (Å²) in [5.74, 6) is 2.62. The van der Waals surface area contributed by atoms with Crippen molar-refractivity contribution in [2.24, 2.45) is 0 Å². The maximum atomic E-state index is 12.4. The number of carbonyl (C=O) groups is 1. The monoisotopic (exact) mass is 477 g/mol. The number of carbonyl (C=O) groups excluding carboxylic acids is 1. The molecule has 0 aliphatic carbocycles. The van der Waals surface area contributed by atoms with Gasteiger partial charge in [0.1, 0.15) is 17.4 Å². The van der Waals surface area contributed by atoms with Crippen LogP contribution in [0, 0.1) is 18.3 Å². The van der Waals surface area contributed by atoms with Gasteiger partial charge in [-0.05, 0) is 49.8 Å². The van der Waals surface area contributed by atoms with Crippen LogP contribution >= 0.6 is 0 Å². The molecule has 3 rings (SSSR count). The zero-order chi connectivity index (χ0) is 25.0. The highest BCUT2D eigenvalue weighted by molar-refractivity contribution is 6.09. The molecule has 9 heteroatoms. The second-order valence-corrected chi connectivity index (χ2v) is 7.29. The molecule has 1 heterocycles. The van der Waals surface area contributed by atoms with Gasteiger partial charge in [-0.2, -0.15) is 5.26 Å². The van der Waals surface area contributed by atoms with Crippen LogP contribution in [0.3, 0.4) is 0 Å². The van der Waals surface area contributed by atoms with E-state index in [1.54, 1.807) is 38.3 Å². The van der Waals surface area contributed by atoms with E-state index in [2.05, 4.69) is 10.5 Å². The quantitative estimate of drug-likeness (QED) is 0.225. The number of aryl methyl sites for hydroxylation is 1. The van der Waals surface area contributed by atoms with Crippen LogP contribution in [0.5, 0.6) is 23.0 Å². The van der Waals surface area contributed by atoms with Crippen molar-refractivity contribution in [2.45, 2.75) is 20.3 Å². The van der Waals surface area contributed by atoms with Gasteiger partial charge in [0.2, 0.25) is 0 Å². The van der Waals surface area contributed by atoms with E-state index in [-0.39, 0.29) is 11.4 Å². The minimum Gasteiger partial charge on any atom is -0.493 e. The summed E-state index contributed by atoms with van der Waals surface area (Å²) in [5, 5.41) is 15.7.